The molecule has 7 heteroatoms. The van der Waals surface area contributed by atoms with E-state index in [1.165, 1.54) is 13.8 Å². The fourth-order valence-corrected chi connectivity index (χ4v) is 2.31. The first kappa shape index (κ1) is 16.4. The van der Waals surface area contributed by atoms with Gasteiger partial charge in [-0.2, -0.15) is 0 Å². The maximum absolute atomic E-state index is 11.6. The van der Waals surface area contributed by atoms with Gasteiger partial charge in [-0.25, -0.2) is 8.42 Å². The van der Waals surface area contributed by atoms with Crippen molar-refractivity contribution in [2.45, 2.75) is 39.2 Å². The van der Waals surface area contributed by atoms with E-state index in [2.05, 4.69) is 5.32 Å². The van der Waals surface area contributed by atoms with Crippen molar-refractivity contribution >= 4 is 16.0 Å². The zero-order chi connectivity index (χ0) is 11.9. The number of hydrogen-bond acceptors (Lipinski definition) is 4. The summed E-state index contributed by atoms with van der Waals surface area (Å²) in [5.41, 5.74) is -1.35. The minimum atomic E-state index is -4.32. The molecule has 0 heterocycles. The van der Waals surface area contributed by atoms with E-state index >= 15 is 0 Å². The molecule has 0 aromatic carbocycles. The summed E-state index contributed by atoms with van der Waals surface area (Å²) in [7, 11) is -4.32. The summed E-state index contributed by atoms with van der Waals surface area (Å²) in [6.07, 6.45) is 1.64. The van der Waals surface area contributed by atoms with Gasteiger partial charge in [0, 0.05) is 11.0 Å². The summed E-state index contributed by atoms with van der Waals surface area (Å²) < 4.78 is 31.8. The molecule has 0 aliphatic heterocycles. The monoisotopic (exact) mass is 257 g/mol. The molecule has 0 aromatic heterocycles. The largest absolute Gasteiger partial charge is 1.00 e. The van der Waals surface area contributed by atoms with Gasteiger partial charge in [0.05, 0.1) is 15.9 Å². The van der Waals surface area contributed by atoms with Crippen molar-refractivity contribution in [1.29, 1.82) is 0 Å². The van der Waals surface area contributed by atoms with Crippen LogP contribution in [-0.2, 0) is 14.9 Å². The molecular formula is C9H16NNaO4S. The summed E-state index contributed by atoms with van der Waals surface area (Å²) in [4.78, 5) is 11.6. The van der Waals surface area contributed by atoms with Crippen molar-refractivity contribution in [1.82, 2.24) is 5.32 Å². The number of carbonyl (C=O) groups excluding carboxylic acids is 1. The van der Waals surface area contributed by atoms with E-state index in [1.807, 2.05) is 6.92 Å². The quantitative estimate of drug-likeness (QED) is 0.436. The molecule has 1 amide bonds. The van der Waals surface area contributed by atoms with Crippen LogP contribution in [0.2, 0.25) is 0 Å². The molecule has 16 heavy (non-hydrogen) atoms. The van der Waals surface area contributed by atoms with Crippen LogP contribution in [0.15, 0.2) is 0 Å². The average molecular weight is 257 g/mol. The van der Waals surface area contributed by atoms with Crippen LogP contribution in [0.5, 0.6) is 0 Å². The third kappa shape index (κ3) is 5.14. The second kappa shape index (κ2) is 4.94. The molecule has 5 nitrogen and oxygen atoms in total. The van der Waals surface area contributed by atoms with Crippen LogP contribution in [0.3, 0.4) is 0 Å². The van der Waals surface area contributed by atoms with Crippen LogP contribution in [0.4, 0.5) is 0 Å². The Labute approximate surface area is 118 Å². The molecule has 1 fully saturated rings. The Morgan fingerprint density at radius 2 is 1.88 bits per heavy atom. The molecule has 0 radical (unpaired) electrons. The number of carbonyl (C=O) groups is 1. The minimum Gasteiger partial charge on any atom is -0.748 e. The summed E-state index contributed by atoms with van der Waals surface area (Å²) in [5.74, 6) is -0.752. The van der Waals surface area contributed by atoms with Crippen molar-refractivity contribution < 1.29 is 47.3 Å². The van der Waals surface area contributed by atoms with E-state index in [-0.39, 0.29) is 40.9 Å². The third-order valence-corrected chi connectivity index (χ3v) is 3.61. The zero-order valence-electron chi connectivity index (χ0n) is 10.2. The Bertz CT molecular complexity index is 373. The molecule has 0 spiro atoms. The van der Waals surface area contributed by atoms with Crippen LogP contribution in [0, 0.1) is 5.41 Å². The molecule has 1 rings (SSSR count). The number of hydrogen-bond donors (Lipinski definition) is 1. The van der Waals surface area contributed by atoms with Gasteiger partial charge in [0.25, 0.3) is 0 Å². The summed E-state index contributed by atoms with van der Waals surface area (Å²) in [6.45, 7) is 4.89. The smallest absolute Gasteiger partial charge is 0.748 e. The van der Waals surface area contributed by atoms with E-state index < -0.39 is 21.4 Å². The maximum Gasteiger partial charge on any atom is 1.00 e. The fourth-order valence-electron chi connectivity index (χ4n) is 1.35. The number of rotatable bonds is 4. The SMILES string of the molecule is CC(C)(CS(=O)(=O)[O-])NC(=O)C1(C)CC1.[Na+]. The second-order valence-electron chi connectivity index (χ2n) is 5.10. The van der Waals surface area contributed by atoms with Gasteiger partial charge in [-0.05, 0) is 26.7 Å². The van der Waals surface area contributed by atoms with Gasteiger partial charge in [0.1, 0.15) is 0 Å². The molecule has 1 saturated carbocycles. The van der Waals surface area contributed by atoms with Gasteiger partial charge in [-0.15, -0.1) is 0 Å². The Balaban J connectivity index is 0.00000225. The van der Waals surface area contributed by atoms with Gasteiger partial charge in [0.15, 0.2) is 0 Å². The normalized spacial score (nSPS) is 18.5. The van der Waals surface area contributed by atoms with Crippen molar-refractivity contribution in [2.75, 3.05) is 5.75 Å². The fraction of sp³-hybridized carbons (Fsp3) is 0.889. The first-order valence-corrected chi connectivity index (χ1v) is 6.38. The van der Waals surface area contributed by atoms with Crippen molar-refractivity contribution in [3.8, 4) is 0 Å². The first-order valence-electron chi connectivity index (χ1n) is 4.80. The van der Waals surface area contributed by atoms with Crippen LogP contribution < -0.4 is 34.9 Å². The first-order chi connectivity index (χ1) is 6.54. The van der Waals surface area contributed by atoms with E-state index in [9.17, 15) is 17.8 Å². The summed E-state index contributed by atoms with van der Waals surface area (Å²) in [5, 5.41) is 2.60. The van der Waals surface area contributed by atoms with Crippen molar-refractivity contribution in [2.24, 2.45) is 5.41 Å². The molecule has 0 atom stereocenters. The molecule has 0 unspecified atom stereocenters. The standard InChI is InChI=1S/C9H17NO4S.Na/c1-8(2,6-15(12,13)14)10-7(11)9(3)4-5-9;/h4-6H2,1-3H3,(H,10,11)(H,12,13,14);/q;+1/p-1. The minimum absolute atomic E-state index is 0. The van der Waals surface area contributed by atoms with Crippen LogP contribution >= 0.6 is 0 Å². The predicted molar refractivity (Wildman–Crippen MR) is 54.1 cm³/mol. The topological polar surface area (TPSA) is 86.3 Å². The molecular weight excluding hydrogens is 241 g/mol. The summed E-state index contributed by atoms with van der Waals surface area (Å²) in [6, 6.07) is 0. The molecule has 0 saturated heterocycles. The zero-order valence-corrected chi connectivity index (χ0v) is 13.0. The molecule has 0 bridgehead atoms. The summed E-state index contributed by atoms with van der Waals surface area (Å²) >= 11 is 0. The van der Waals surface area contributed by atoms with Crippen molar-refractivity contribution in [3.63, 3.8) is 0 Å². The van der Waals surface area contributed by atoms with Crippen LogP contribution in [0.25, 0.3) is 0 Å². The van der Waals surface area contributed by atoms with E-state index in [0.717, 1.165) is 12.8 Å². The van der Waals surface area contributed by atoms with E-state index in [4.69, 9.17) is 0 Å². The molecule has 1 aliphatic carbocycles. The molecule has 0 aromatic rings. The predicted octanol–water partition coefficient (Wildman–Crippen LogP) is -2.77. The number of nitrogens with one attached hydrogen (secondary N) is 1. The van der Waals surface area contributed by atoms with Gasteiger partial charge in [0.2, 0.25) is 5.91 Å². The van der Waals surface area contributed by atoms with Gasteiger partial charge in [-0.1, -0.05) is 6.92 Å². The molecule has 1 aliphatic rings. The Hall–Kier alpha value is 0.380. The molecule has 88 valence electrons. The Kier molecular flexibility index (Phi) is 5.05. The van der Waals surface area contributed by atoms with Gasteiger partial charge < -0.3 is 9.87 Å². The van der Waals surface area contributed by atoms with Crippen molar-refractivity contribution in [3.05, 3.63) is 0 Å². The Morgan fingerprint density at radius 1 is 1.44 bits per heavy atom. The number of amides is 1. The van der Waals surface area contributed by atoms with Crippen LogP contribution in [-0.4, -0.2) is 30.2 Å². The molecule has 1 N–H and O–H groups in total. The second-order valence-corrected chi connectivity index (χ2v) is 6.50. The third-order valence-electron chi connectivity index (χ3n) is 2.54. The van der Waals surface area contributed by atoms with E-state index in [0.29, 0.717) is 0 Å². The Morgan fingerprint density at radius 3 is 2.19 bits per heavy atom. The van der Waals surface area contributed by atoms with E-state index in [1.54, 1.807) is 0 Å². The van der Waals surface area contributed by atoms with Gasteiger partial charge in [-0.3, -0.25) is 4.79 Å². The van der Waals surface area contributed by atoms with Crippen LogP contribution in [0.1, 0.15) is 33.6 Å². The maximum atomic E-state index is 11.6. The average Bonchev–Trinajstić information content (AvgIpc) is 2.61. The van der Waals surface area contributed by atoms with Gasteiger partial charge >= 0.3 is 29.6 Å².